The van der Waals surface area contributed by atoms with Crippen molar-refractivity contribution in [2.24, 2.45) is 0 Å². The SMILES string of the molecule is CCC[CH-]CC(=O)Oc1ccsc1.[K+]. The molecule has 0 saturated carbocycles. The maximum atomic E-state index is 11.1. The van der Waals surface area contributed by atoms with Crippen molar-refractivity contribution in [1.29, 1.82) is 0 Å². The van der Waals surface area contributed by atoms with Gasteiger partial charge in [0, 0.05) is 5.38 Å². The van der Waals surface area contributed by atoms with E-state index in [-0.39, 0.29) is 57.4 Å². The molecule has 0 amide bonds. The third-order valence-electron chi connectivity index (χ3n) is 1.53. The van der Waals surface area contributed by atoms with Crippen LogP contribution in [0.15, 0.2) is 16.8 Å². The molecule has 0 bridgehead atoms. The number of carbonyl (C=O) groups excluding carboxylic acids is 1. The van der Waals surface area contributed by atoms with Gasteiger partial charge in [0.2, 0.25) is 0 Å². The minimum absolute atomic E-state index is 0. The number of hydrogen-bond donors (Lipinski definition) is 0. The van der Waals surface area contributed by atoms with E-state index in [0.29, 0.717) is 12.2 Å². The summed E-state index contributed by atoms with van der Waals surface area (Å²) in [5.74, 6) is 0.478. The van der Waals surface area contributed by atoms with Crippen molar-refractivity contribution >= 4 is 17.3 Å². The maximum absolute atomic E-state index is 11.1. The van der Waals surface area contributed by atoms with Gasteiger partial charge in [-0.25, -0.2) is 0 Å². The molecule has 0 atom stereocenters. The summed E-state index contributed by atoms with van der Waals surface area (Å²) in [7, 11) is 0. The predicted molar refractivity (Wildman–Crippen MR) is 53.8 cm³/mol. The van der Waals surface area contributed by atoms with E-state index in [1.807, 2.05) is 17.2 Å². The van der Waals surface area contributed by atoms with Crippen LogP contribution in [0.1, 0.15) is 26.2 Å². The zero-order valence-electron chi connectivity index (χ0n) is 8.66. The molecule has 2 nitrogen and oxygen atoms in total. The fourth-order valence-electron chi connectivity index (χ4n) is 0.907. The topological polar surface area (TPSA) is 26.3 Å². The Bertz CT molecular complexity index is 247. The van der Waals surface area contributed by atoms with E-state index in [1.54, 1.807) is 6.07 Å². The van der Waals surface area contributed by atoms with E-state index in [9.17, 15) is 4.79 Å². The number of hydrogen-bond acceptors (Lipinski definition) is 3. The molecule has 1 aromatic rings. The van der Waals surface area contributed by atoms with Gasteiger partial charge in [0.25, 0.3) is 5.97 Å². The smallest absolute Gasteiger partial charge is 0.428 e. The van der Waals surface area contributed by atoms with E-state index in [2.05, 4.69) is 6.92 Å². The third-order valence-corrected chi connectivity index (χ3v) is 2.19. The van der Waals surface area contributed by atoms with E-state index in [1.165, 1.54) is 11.3 Å². The van der Waals surface area contributed by atoms with E-state index in [0.717, 1.165) is 12.8 Å². The van der Waals surface area contributed by atoms with Crippen LogP contribution in [0.25, 0.3) is 0 Å². The van der Waals surface area contributed by atoms with Gasteiger partial charge in [-0.05, 0) is 11.4 Å². The Labute approximate surface area is 131 Å². The van der Waals surface area contributed by atoms with Gasteiger partial charge in [-0.1, -0.05) is 19.8 Å². The van der Waals surface area contributed by atoms with Gasteiger partial charge in [0.05, 0.1) is 0 Å². The summed E-state index contributed by atoms with van der Waals surface area (Å²) in [4.78, 5) is 11.1. The minimum Gasteiger partial charge on any atom is -0.428 e. The van der Waals surface area contributed by atoms with Gasteiger partial charge in [-0.3, -0.25) is 4.79 Å². The van der Waals surface area contributed by atoms with Crippen LogP contribution in [0.5, 0.6) is 5.75 Å². The first kappa shape index (κ1) is 14.8. The Morgan fingerprint density at radius 3 is 3.00 bits per heavy atom. The van der Waals surface area contributed by atoms with Crippen molar-refractivity contribution in [2.75, 3.05) is 0 Å². The largest absolute Gasteiger partial charge is 1.00 e. The zero-order valence-corrected chi connectivity index (χ0v) is 12.6. The van der Waals surface area contributed by atoms with Crippen LogP contribution in [0, 0.1) is 6.42 Å². The maximum Gasteiger partial charge on any atom is 1.00 e. The Hall–Kier alpha value is 0.806. The molecule has 0 unspecified atom stereocenters. The molecule has 1 heterocycles. The van der Waals surface area contributed by atoms with Crippen LogP contribution >= 0.6 is 11.3 Å². The Kier molecular flexibility index (Phi) is 9.58. The van der Waals surface area contributed by atoms with Crippen molar-refractivity contribution in [3.63, 3.8) is 0 Å². The van der Waals surface area contributed by atoms with E-state index >= 15 is 0 Å². The van der Waals surface area contributed by atoms with Crippen LogP contribution < -0.4 is 56.1 Å². The fourth-order valence-corrected chi connectivity index (χ4v) is 1.46. The van der Waals surface area contributed by atoms with Crippen LogP contribution in [-0.2, 0) is 4.79 Å². The van der Waals surface area contributed by atoms with Gasteiger partial charge >= 0.3 is 51.4 Å². The standard InChI is InChI=1S/C10H13O2S.K/c1-2-3-4-5-10(11)12-9-6-7-13-8-9;/h4,6-8H,2-3,5H2,1H3;/q-1;+1. The van der Waals surface area contributed by atoms with Crippen molar-refractivity contribution in [1.82, 2.24) is 0 Å². The normalized spacial score (nSPS) is 9.21. The average Bonchev–Trinajstić information content (AvgIpc) is 2.57. The first-order valence-corrected chi connectivity index (χ1v) is 5.31. The molecular formula is C10H13KO2S. The Morgan fingerprint density at radius 1 is 1.64 bits per heavy atom. The van der Waals surface area contributed by atoms with Gasteiger partial charge < -0.3 is 11.2 Å². The molecule has 0 aliphatic rings. The molecule has 4 heteroatoms. The molecule has 1 aromatic heterocycles. The van der Waals surface area contributed by atoms with Crippen molar-refractivity contribution in [2.45, 2.75) is 26.2 Å². The molecule has 0 N–H and O–H groups in total. The second-order valence-corrected chi connectivity index (χ2v) is 3.49. The monoisotopic (exact) mass is 236 g/mol. The summed E-state index contributed by atoms with van der Waals surface area (Å²) in [5.41, 5.74) is 0. The Morgan fingerprint density at radius 2 is 2.43 bits per heavy atom. The van der Waals surface area contributed by atoms with Gasteiger partial charge in [-0.2, -0.15) is 6.42 Å². The number of carbonyl (C=O) groups is 1. The number of rotatable bonds is 5. The van der Waals surface area contributed by atoms with Gasteiger partial charge in [0.1, 0.15) is 5.75 Å². The fraction of sp³-hybridized carbons (Fsp3) is 0.400. The quantitative estimate of drug-likeness (QED) is 0.313. The number of thiophene rings is 1. The summed E-state index contributed by atoms with van der Waals surface area (Å²) < 4.78 is 5.04. The molecule has 0 saturated heterocycles. The van der Waals surface area contributed by atoms with Crippen LogP contribution in [0.3, 0.4) is 0 Å². The molecule has 0 aliphatic heterocycles. The summed E-state index contributed by atoms with van der Waals surface area (Å²) >= 11 is 1.52. The molecule has 0 aromatic carbocycles. The molecular weight excluding hydrogens is 223 g/mol. The third kappa shape index (κ3) is 6.32. The van der Waals surface area contributed by atoms with Crippen molar-refractivity contribution in [3.05, 3.63) is 23.2 Å². The molecule has 0 radical (unpaired) electrons. The first-order valence-electron chi connectivity index (χ1n) is 4.37. The zero-order chi connectivity index (χ0) is 9.52. The molecule has 72 valence electrons. The molecule has 0 aliphatic carbocycles. The average molecular weight is 236 g/mol. The van der Waals surface area contributed by atoms with Crippen LogP contribution in [0.2, 0.25) is 0 Å². The summed E-state index contributed by atoms with van der Waals surface area (Å²) in [5, 5.41) is 3.70. The number of esters is 1. The second kappa shape index (κ2) is 9.06. The van der Waals surface area contributed by atoms with Gasteiger partial charge in [0.15, 0.2) is 0 Å². The molecule has 14 heavy (non-hydrogen) atoms. The predicted octanol–water partition coefficient (Wildman–Crippen LogP) is 0.0520. The molecule has 1 rings (SSSR count). The second-order valence-electron chi connectivity index (χ2n) is 2.71. The summed E-state index contributed by atoms with van der Waals surface area (Å²) in [6.45, 7) is 2.08. The summed E-state index contributed by atoms with van der Waals surface area (Å²) in [6.07, 6.45) is 4.41. The number of ether oxygens (including phenoxy) is 1. The van der Waals surface area contributed by atoms with E-state index < -0.39 is 0 Å². The van der Waals surface area contributed by atoms with E-state index in [4.69, 9.17) is 4.74 Å². The Balaban J connectivity index is 0.00000169. The molecule has 0 fully saturated rings. The van der Waals surface area contributed by atoms with Crippen LogP contribution in [0.4, 0.5) is 0 Å². The van der Waals surface area contributed by atoms with Crippen molar-refractivity contribution in [3.8, 4) is 5.75 Å². The van der Waals surface area contributed by atoms with Gasteiger partial charge in [-0.15, -0.1) is 11.3 Å². The van der Waals surface area contributed by atoms with Crippen molar-refractivity contribution < 1.29 is 60.9 Å². The number of unbranched alkanes of at least 4 members (excludes halogenated alkanes) is 2. The summed E-state index contributed by atoms with van der Waals surface area (Å²) in [6, 6.07) is 1.79. The van der Waals surface area contributed by atoms with Crippen LogP contribution in [-0.4, -0.2) is 5.97 Å². The first-order chi connectivity index (χ1) is 6.33. The molecule has 0 spiro atoms. The minimum atomic E-state index is -0.174.